The van der Waals surface area contributed by atoms with Crippen LogP contribution in [-0.2, 0) is 4.79 Å². The molecule has 1 aliphatic heterocycles. The second kappa shape index (κ2) is 12.2. The summed E-state index contributed by atoms with van der Waals surface area (Å²) in [6.45, 7) is 8.07. The van der Waals surface area contributed by atoms with Crippen LogP contribution in [0.4, 0.5) is 10.5 Å². The normalized spacial score (nSPS) is 13.1. The smallest absolute Gasteiger partial charge is 0.321 e. The van der Waals surface area contributed by atoms with E-state index in [2.05, 4.69) is 24.5 Å². The quantitative estimate of drug-likeness (QED) is 0.514. The highest BCUT2D eigenvalue weighted by Crippen LogP contribution is 2.35. The molecule has 0 aromatic heterocycles. The van der Waals surface area contributed by atoms with Crippen molar-refractivity contribution in [2.75, 3.05) is 31.3 Å². The molecule has 2 N–H and O–H groups in total. The molecule has 2 rings (SSSR count). The van der Waals surface area contributed by atoms with Gasteiger partial charge in [0.1, 0.15) is 0 Å². The minimum atomic E-state index is -0.138. The first-order valence-corrected chi connectivity index (χ1v) is 10.8. The van der Waals surface area contributed by atoms with E-state index < -0.39 is 0 Å². The molecule has 1 unspecified atom stereocenters. The topological polar surface area (TPSA) is 79.9 Å². The maximum Gasteiger partial charge on any atom is 0.321 e. The number of rotatable bonds is 12. The summed E-state index contributed by atoms with van der Waals surface area (Å²) in [6.07, 6.45) is 5.63. The fourth-order valence-electron chi connectivity index (χ4n) is 3.37. The molecule has 0 fully saturated rings. The van der Waals surface area contributed by atoms with Crippen molar-refractivity contribution in [3.8, 4) is 11.5 Å². The van der Waals surface area contributed by atoms with Gasteiger partial charge >= 0.3 is 6.03 Å². The van der Waals surface area contributed by atoms with Crippen molar-refractivity contribution in [1.82, 2.24) is 10.6 Å². The zero-order valence-corrected chi connectivity index (χ0v) is 18.0. The first-order valence-electron chi connectivity index (χ1n) is 10.8. The number of unbranched alkanes of at least 4 members (excludes halogenated alkanes) is 2. The number of nitrogens with one attached hydrogen (secondary N) is 2. The maximum atomic E-state index is 12.5. The van der Waals surface area contributed by atoms with Crippen molar-refractivity contribution >= 4 is 17.6 Å². The molecule has 29 heavy (non-hydrogen) atoms. The molecule has 0 spiro atoms. The number of fused-ring (bicyclic) bond motifs is 1. The number of amides is 3. The predicted molar refractivity (Wildman–Crippen MR) is 115 cm³/mol. The molecule has 1 aliphatic rings. The monoisotopic (exact) mass is 405 g/mol. The summed E-state index contributed by atoms with van der Waals surface area (Å²) in [5.74, 6) is 1.61. The van der Waals surface area contributed by atoms with Gasteiger partial charge in [-0.1, -0.05) is 26.7 Å². The molecule has 1 heterocycles. The van der Waals surface area contributed by atoms with Crippen LogP contribution in [0.15, 0.2) is 18.2 Å². The highest BCUT2D eigenvalue weighted by atomic mass is 16.7. The minimum Gasteiger partial charge on any atom is -0.454 e. The third kappa shape index (κ3) is 6.84. The van der Waals surface area contributed by atoms with Gasteiger partial charge in [0.05, 0.1) is 0 Å². The number of hydrogen-bond donors (Lipinski definition) is 2. The van der Waals surface area contributed by atoms with Crippen molar-refractivity contribution in [2.24, 2.45) is 5.92 Å². The average molecular weight is 406 g/mol. The summed E-state index contributed by atoms with van der Waals surface area (Å²) in [5, 5.41) is 5.91. The fraction of sp³-hybridized carbons (Fsp3) is 0.636. The molecular formula is C22H35N3O4. The lowest BCUT2D eigenvalue weighted by Crippen LogP contribution is -2.40. The molecule has 1 aromatic carbocycles. The molecule has 0 bridgehead atoms. The number of hydrogen-bond acceptors (Lipinski definition) is 4. The Bertz CT molecular complexity index is 665. The van der Waals surface area contributed by atoms with Gasteiger partial charge in [0.15, 0.2) is 11.5 Å². The van der Waals surface area contributed by atoms with Crippen LogP contribution in [0.2, 0.25) is 0 Å². The van der Waals surface area contributed by atoms with Crippen molar-refractivity contribution in [3.05, 3.63) is 18.2 Å². The van der Waals surface area contributed by atoms with E-state index in [0.717, 1.165) is 44.2 Å². The lowest BCUT2D eigenvalue weighted by molar-refractivity contribution is -0.125. The van der Waals surface area contributed by atoms with Crippen LogP contribution in [-0.4, -0.2) is 38.4 Å². The molecule has 1 atom stereocenters. The number of carbonyl (C=O) groups excluding carboxylic acids is 2. The first-order chi connectivity index (χ1) is 14.1. The van der Waals surface area contributed by atoms with Crippen molar-refractivity contribution < 1.29 is 19.1 Å². The van der Waals surface area contributed by atoms with E-state index in [1.807, 2.05) is 25.1 Å². The van der Waals surface area contributed by atoms with Gasteiger partial charge in [-0.05, 0) is 44.7 Å². The molecule has 3 amide bonds. The molecule has 0 saturated heterocycles. The third-order valence-electron chi connectivity index (χ3n) is 5.12. The zero-order valence-electron chi connectivity index (χ0n) is 18.0. The Hall–Kier alpha value is -2.44. The standard InChI is InChI=1S/C22H35N3O4/c1-4-7-10-17(5-2)21(26)24-13-8-9-14-25(22(27)23-6-3)18-11-12-19-20(15-18)29-16-28-19/h11-12,15,17H,4-10,13-14,16H2,1-3H3,(H,23,27)(H,24,26). The second-order valence-electron chi connectivity index (χ2n) is 7.27. The molecule has 0 saturated carbocycles. The van der Waals surface area contributed by atoms with E-state index in [9.17, 15) is 9.59 Å². The zero-order chi connectivity index (χ0) is 21.1. The number of ether oxygens (including phenoxy) is 2. The Morgan fingerprint density at radius 1 is 1.07 bits per heavy atom. The Balaban J connectivity index is 1.84. The number of anilines is 1. The van der Waals surface area contributed by atoms with Gasteiger partial charge in [0.25, 0.3) is 0 Å². The number of nitrogens with zero attached hydrogens (tertiary/aromatic N) is 1. The van der Waals surface area contributed by atoms with Gasteiger partial charge in [-0.15, -0.1) is 0 Å². The van der Waals surface area contributed by atoms with Crippen LogP contribution in [0.25, 0.3) is 0 Å². The summed E-state index contributed by atoms with van der Waals surface area (Å²) < 4.78 is 10.8. The van der Waals surface area contributed by atoms with Crippen molar-refractivity contribution in [1.29, 1.82) is 0 Å². The first kappa shape index (κ1) is 22.8. The number of urea groups is 1. The van der Waals surface area contributed by atoms with Crippen LogP contribution in [0.1, 0.15) is 59.3 Å². The molecule has 7 heteroatoms. The Morgan fingerprint density at radius 2 is 1.86 bits per heavy atom. The van der Waals surface area contributed by atoms with E-state index in [1.165, 1.54) is 0 Å². The lowest BCUT2D eigenvalue weighted by atomic mass is 9.98. The number of carbonyl (C=O) groups is 2. The molecule has 7 nitrogen and oxygen atoms in total. The van der Waals surface area contributed by atoms with E-state index in [4.69, 9.17) is 9.47 Å². The molecular weight excluding hydrogens is 370 g/mol. The van der Waals surface area contributed by atoms with Crippen molar-refractivity contribution in [2.45, 2.75) is 59.3 Å². The lowest BCUT2D eigenvalue weighted by Gasteiger charge is -2.23. The Morgan fingerprint density at radius 3 is 2.59 bits per heavy atom. The molecule has 0 aliphatic carbocycles. The third-order valence-corrected chi connectivity index (χ3v) is 5.12. The van der Waals surface area contributed by atoms with Gasteiger partial charge < -0.3 is 20.1 Å². The summed E-state index contributed by atoms with van der Waals surface area (Å²) >= 11 is 0. The SMILES string of the molecule is CCCCC(CC)C(=O)NCCCCN(C(=O)NCC)c1ccc2c(c1)OCO2. The van der Waals surface area contributed by atoms with Crippen LogP contribution in [0, 0.1) is 5.92 Å². The van der Waals surface area contributed by atoms with E-state index in [0.29, 0.717) is 31.1 Å². The predicted octanol–water partition coefficient (Wildman–Crippen LogP) is 4.06. The largest absolute Gasteiger partial charge is 0.454 e. The minimum absolute atomic E-state index is 0.107. The van der Waals surface area contributed by atoms with E-state index in [-0.39, 0.29) is 24.6 Å². The molecule has 0 radical (unpaired) electrons. The average Bonchev–Trinajstić information content (AvgIpc) is 3.19. The summed E-state index contributed by atoms with van der Waals surface area (Å²) in [5.41, 5.74) is 0.773. The fourth-order valence-corrected chi connectivity index (χ4v) is 3.37. The van der Waals surface area contributed by atoms with Crippen LogP contribution in [0.5, 0.6) is 11.5 Å². The van der Waals surface area contributed by atoms with Gasteiger partial charge in [-0.3, -0.25) is 9.69 Å². The molecule has 1 aromatic rings. The Labute approximate surface area is 174 Å². The van der Waals surface area contributed by atoms with Crippen molar-refractivity contribution in [3.63, 3.8) is 0 Å². The Kier molecular flexibility index (Phi) is 9.60. The highest BCUT2D eigenvalue weighted by molar-refractivity contribution is 5.92. The second-order valence-corrected chi connectivity index (χ2v) is 7.27. The van der Waals surface area contributed by atoms with Crippen LogP contribution < -0.4 is 25.0 Å². The summed E-state index contributed by atoms with van der Waals surface area (Å²) in [7, 11) is 0. The highest BCUT2D eigenvalue weighted by Gasteiger charge is 2.20. The summed E-state index contributed by atoms with van der Waals surface area (Å²) in [6, 6.07) is 5.38. The summed E-state index contributed by atoms with van der Waals surface area (Å²) in [4.78, 5) is 26.5. The van der Waals surface area contributed by atoms with Crippen LogP contribution >= 0.6 is 0 Å². The van der Waals surface area contributed by atoms with Gasteiger partial charge in [0.2, 0.25) is 12.7 Å². The van der Waals surface area contributed by atoms with E-state index >= 15 is 0 Å². The van der Waals surface area contributed by atoms with Crippen LogP contribution in [0.3, 0.4) is 0 Å². The maximum absolute atomic E-state index is 12.5. The number of benzene rings is 1. The molecule has 162 valence electrons. The van der Waals surface area contributed by atoms with Gasteiger partial charge in [0, 0.05) is 37.3 Å². The van der Waals surface area contributed by atoms with Gasteiger partial charge in [-0.2, -0.15) is 0 Å². The van der Waals surface area contributed by atoms with Gasteiger partial charge in [-0.25, -0.2) is 4.79 Å². The van der Waals surface area contributed by atoms with E-state index in [1.54, 1.807) is 4.90 Å².